The number of carbonyl (C=O) groups is 3. The quantitative estimate of drug-likeness (QED) is 0.707. The summed E-state index contributed by atoms with van der Waals surface area (Å²) in [7, 11) is 0. The van der Waals surface area contributed by atoms with E-state index in [0.29, 0.717) is 24.3 Å². The second kappa shape index (κ2) is 8.07. The number of hydrogen-bond acceptors (Lipinski definition) is 4. The Morgan fingerprint density at radius 3 is 2.31 bits per heavy atom. The van der Waals surface area contributed by atoms with Crippen molar-refractivity contribution in [1.29, 1.82) is 0 Å². The van der Waals surface area contributed by atoms with Crippen LogP contribution in [0.2, 0.25) is 0 Å². The third-order valence-electron chi connectivity index (χ3n) is 5.58. The molecule has 2 aliphatic heterocycles. The summed E-state index contributed by atoms with van der Waals surface area (Å²) in [6.07, 6.45) is 1.99. The predicted octanol–water partition coefficient (Wildman–Crippen LogP) is 3.44. The summed E-state index contributed by atoms with van der Waals surface area (Å²) in [5.74, 6) is 0.154. The third-order valence-corrected chi connectivity index (χ3v) is 5.58. The van der Waals surface area contributed by atoms with Crippen LogP contribution in [0, 0.1) is 0 Å². The minimum Gasteiger partial charge on any atom is -0.494 e. The molecular formula is C23H24N2O4. The van der Waals surface area contributed by atoms with E-state index in [1.54, 1.807) is 24.3 Å². The highest BCUT2D eigenvalue weighted by molar-refractivity contribution is 6.21. The standard InChI is InChI=1S/C23H24N2O4/c1-2-29-17-11-9-16(10-12-17)20-8-5-14-24(20)21(26)13-15-25-22(27)18-6-3-4-7-19(18)23(25)28/h3-4,6-7,9-12,20H,2,5,8,13-15H2,1H3/t20-/m1/s1. The van der Waals surface area contributed by atoms with Crippen molar-refractivity contribution in [1.82, 2.24) is 9.80 Å². The largest absolute Gasteiger partial charge is 0.494 e. The van der Waals surface area contributed by atoms with Crippen molar-refractivity contribution in [2.45, 2.75) is 32.2 Å². The Hall–Kier alpha value is -3.15. The van der Waals surface area contributed by atoms with Crippen LogP contribution in [0.4, 0.5) is 0 Å². The van der Waals surface area contributed by atoms with Crippen molar-refractivity contribution < 1.29 is 19.1 Å². The van der Waals surface area contributed by atoms with E-state index in [0.717, 1.165) is 24.2 Å². The first-order valence-electron chi connectivity index (χ1n) is 10.1. The molecule has 3 amide bonds. The van der Waals surface area contributed by atoms with E-state index in [-0.39, 0.29) is 36.7 Å². The summed E-state index contributed by atoms with van der Waals surface area (Å²) in [5, 5.41) is 0. The molecule has 0 N–H and O–H groups in total. The summed E-state index contributed by atoms with van der Waals surface area (Å²) < 4.78 is 5.49. The molecule has 150 valence electrons. The number of nitrogens with zero attached hydrogens (tertiary/aromatic N) is 2. The van der Waals surface area contributed by atoms with Gasteiger partial charge in [0, 0.05) is 19.5 Å². The number of hydrogen-bond donors (Lipinski definition) is 0. The molecular weight excluding hydrogens is 368 g/mol. The summed E-state index contributed by atoms with van der Waals surface area (Å²) in [4.78, 5) is 40.9. The minimum atomic E-state index is -0.317. The fraction of sp³-hybridized carbons (Fsp3) is 0.348. The summed E-state index contributed by atoms with van der Waals surface area (Å²) in [6, 6.07) is 14.7. The molecule has 2 aromatic rings. The van der Waals surface area contributed by atoms with Gasteiger partial charge in [0.15, 0.2) is 0 Å². The number of rotatable bonds is 6. The van der Waals surface area contributed by atoms with Gasteiger partial charge in [-0.2, -0.15) is 0 Å². The van der Waals surface area contributed by atoms with E-state index in [9.17, 15) is 14.4 Å². The normalized spacial score (nSPS) is 18.3. The molecule has 4 rings (SSSR count). The molecule has 29 heavy (non-hydrogen) atoms. The molecule has 0 spiro atoms. The highest BCUT2D eigenvalue weighted by Gasteiger charge is 2.36. The number of carbonyl (C=O) groups excluding carboxylic acids is 3. The number of imide groups is 1. The lowest BCUT2D eigenvalue weighted by Crippen LogP contribution is -2.36. The van der Waals surface area contributed by atoms with Gasteiger partial charge in [-0.15, -0.1) is 0 Å². The van der Waals surface area contributed by atoms with Gasteiger partial charge in [0.25, 0.3) is 11.8 Å². The Morgan fingerprint density at radius 1 is 1.03 bits per heavy atom. The molecule has 0 aromatic heterocycles. The number of amides is 3. The highest BCUT2D eigenvalue weighted by atomic mass is 16.5. The van der Waals surface area contributed by atoms with E-state index in [1.165, 1.54) is 4.90 Å². The summed E-state index contributed by atoms with van der Waals surface area (Å²) in [5.41, 5.74) is 1.91. The summed E-state index contributed by atoms with van der Waals surface area (Å²) >= 11 is 0. The molecule has 0 saturated carbocycles. The molecule has 2 aliphatic rings. The number of likely N-dealkylation sites (tertiary alicyclic amines) is 1. The maximum absolute atomic E-state index is 12.9. The number of fused-ring (bicyclic) bond motifs is 1. The molecule has 0 aliphatic carbocycles. The first kappa shape index (κ1) is 19.2. The van der Waals surface area contributed by atoms with Crippen LogP contribution in [0.1, 0.15) is 58.5 Å². The molecule has 0 bridgehead atoms. The lowest BCUT2D eigenvalue weighted by Gasteiger charge is -2.26. The Kier molecular flexibility index (Phi) is 5.34. The minimum absolute atomic E-state index is 0.0281. The van der Waals surface area contributed by atoms with Crippen molar-refractivity contribution in [3.8, 4) is 5.75 Å². The molecule has 1 saturated heterocycles. The van der Waals surface area contributed by atoms with E-state index in [2.05, 4.69) is 0 Å². The average molecular weight is 392 g/mol. The molecule has 1 fully saturated rings. The van der Waals surface area contributed by atoms with Crippen molar-refractivity contribution in [3.63, 3.8) is 0 Å². The molecule has 2 aromatic carbocycles. The first-order valence-corrected chi connectivity index (χ1v) is 10.1. The van der Waals surface area contributed by atoms with Gasteiger partial charge in [0.1, 0.15) is 5.75 Å². The SMILES string of the molecule is CCOc1ccc([C@H]2CCCN2C(=O)CCN2C(=O)c3ccccc3C2=O)cc1. The smallest absolute Gasteiger partial charge is 0.261 e. The zero-order valence-electron chi connectivity index (χ0n) is 16.5. The van der Waals surface area contributed by atoms with Crippen molar-refractivity contribution in [3.05, 3.63) is 65.2 Å². The summed E-state index contributed by atoms with van der Waals surface area (Å²) in [6.45, 7) is 3.36. The van der Waals surface area contributed by atoms with E-state index < -0.39 is 0 Å². The van der Waals surface area contributed by atoms with Gasteiger partial charge in [0.05, 0.1) is 23.8 Å². The van der Waals surface area contributed by atoms with Gasteiger partial charge >= 0.3 is 0 Å². The van der Waals surface area contributed by atoms with Gasteiger partial charge in [-0.1, -0.05) is 24.3 Å². The topological polar surface area (TPSA) is 66.9 Å². The lowest BCUT2D eigenvalue weighted by atomic mass is 10.0. The first-order chi connectivity index (χ1) is 14.1. The van der Waals surface area contributed by atoms with Gasteiger partial charge in [-0.25, -0.2) is 0 Å². The van der Waals surface area contributed by atoms with Crippen LogP contribution in [0.3, 0.4) is 0 Å². The van der Waals surface area contributed by atoms with Crippen LogP contribution >= 0.6 is 0 Å². The second-order valence-electron chi connectivity index (χ2n) is 7.30. The average Bonchev–Trinajstić information content (AvgIpc) is 3.32. The van der Waals surface area contributed by atoms with Crippen LogP contribution in [0.25, 0.3) is 0 Å². The highest BCUT2D eigenvalue weighted by Crippen LogP contribution is 2.33. The fourth-order valence-corrected chi connectivity index (χ4v) is 4.16. The zero-order valence-corrected chi connectivity index (χ0v) is 16.5. The maximum atomic E-state index is 12.9. The zero-order chi connectivity index (χ0) is 20.4. The van der Waals surface area contributed by atoms with E-state index in [4.69, 9.17) is 4.74 Å². The van der Waals surface area contributed by atoms with Crippen LogP contribution in [0.5, 0.6) is 5.75 Å². The molecule has 0 radical (unpaired) electrons. The van der Waals surface area contributed by atoms with Gasteiger partial charge in [-0.05, 0) is 49.6 Å². The fourth-order valence-electron chi connectivity index (χ4n) is 4.16. The molecule has 6 heteroatoms. The van der Waals surface area contributed by atoms with Gasteiger partial charge < -0.3 is 9.64 Å². The van der Waals surface area contributed by atoms with Crippen molar-refractivity contribution in [2.75, 3.05) is 19.7 Å². The predicted molar refractivity (Wildman–Crippen MR) is 108 cm³/mol. The number of benzene rings is 2. The van der Waals surface area contributed by atoms with Gasteiger partial charge in [0.2, 0.25) is 5.91 Å². The molecule has 6 nitrogen and oxygen atoms in total. The van der Waals surface area contributed by atoms with E-state index >= 15 is 0 Å². The van der Waals surface area contributed by atoms with Crippen molar-refractivity contribution in [2.24, 2.45) is 0 Å². The van der Waals surface area contributed by atoms with Gasteiger partial charge in [-0.3, -0.25) is 19.3 Å². The molecule has 1 atom stereocenters. The molecule has 0 unspecified atom stereocenters. The monoisotopic (exact) mass is 392 g/mol. The van der Waals surface area contributed by atoms with E-state index in [1.807, 2.05) is 36.1 Å². The van der Waals surface area contributed by atoms with Crippen LogP contribution < -0.4 is 4.74 Å². The number of ether oxygens (including phenoxy) is 1. The Morgan fingerprint density at radius 2 is 1.69 bits per heavy atom. The Labute approximate surface area is 170 Å². The van der Waals surface area contributed by atoms with Crippen LogP contribution in [-0.4, -0.2) is 47.2 Å². The Bertz CT molecular complexity index is 903. The maximum Gasteiger partial charge on any atom is 0.261 e. The van der Waals surface area contributed by atoms with Crippen LogP contribution in [0.15, 0.2) is 48.5 Å². The van der Waals surface area contributed by atoms with Crippen molar-refractivity contribution >= 4 is 17.7 Å². The second-order valence-corrected chi connectivity index (χ2v) is 7.30. The van der Waals surface area contributed by atoms with Crippen LogP contribution in [-0.2, 0) is 4.79 Å². The molecule has 2 heterocycles. The lowest BCUT2D eigenvalue weighted by molar-refractivity contribution is -0.132. The third kappa shape index (κ3) is 3.62. The Balaban J connectivity index is 1.41.